The summed E-state index contributed by atoms with van der Waals surface area (Å²) in [5.41, 5.74) is 6.80. The number of carbonyl (C=O) groups excluding carboxylic acids is 1. The number of benzene rings is 2. The molecule has 0 saturated heterocycles. The summed E-state index contributed by atoms with van der Waals surface area (Å²) in [5, 5.41) is 3.49. The summed E-state index contributed by atoms with van der Waals surface area (Å²) in [4.78, 5) is 35.0. The van der Waals surface area contributed by atoms with Crippen molar-refractivity contribution in [2.45, 2.75) is 45.4 Å². The van der Waals surface area contributed by atoms with Gasteiger partial charge in [-0.3, -0.25) is 14.5 Å². The predicted molar refractivity (Wildman–Crippen MR) is 129 cm³/mol. The van der Waals surface area contributed by atoms with E-state index in [1.54, 1.807) is 0 Å². The van der Waals surface area contributed by atoms with Crippen LogP contribution in [0.1, 0.15) is 33.5 Å². The SMILES string of the molecule is Cc1cc(C)c(NC(=O)CSc2nc3c(c(=O)[nH]2)CN(Cc2ccccc2)CC3)c(C)c1. The van der Waals surface area contributed by atoms with Crippen LogP contribution in [0.25, 0.3) is 0 Å². The van der Waals surface area contributed by atoms with Crippen LogP contribution in [-0.4, -0.2) is 33.1 Å². The Morgan fingerprint density at radius 1 is 1.16 bits per heavy atom. The molecular weight excluding hydrogens is 420 g/mol. The molecule has 3 aromatic rings. The second-order valence-corrected chi connectivity index (χ2v) is 9.32. The Balaban J connectivity index is 1.39. The summed E-state index contributed by atoms with van der Waals surface area (Å²) in [6.45, 7) is 8.28. The van der Waals surface area contributed by atoms with E-state index in [4.69, 9.17) is 0 Å². The molecule has 0 atom stereocenters. The number of amides is 1. The molecule has 0 saturated carbocycles. The number of aromatic amines is 1. The summed E-state index contributed by atoms with van der Waals surface area (Å²) in [5.74, 6) is 0.0775. The fourth-order valence-electron chi connectivity index (χ4n) is 4.19. The van der Waals surface area contributed by atoms with Crippen molar-refractivity contribution in [2.75, 3.05) is 17.6 Å². The molecule has 7 heteroatoms. The Kier molecular flexibility index (Phi) is 6.77. The number of carbonyl (C=O) groups is 1. The zero-order valence-electron chi connectivity index (χ0n) is 18.7. The minimum Gasteiger partial charge on any atom is -0.325 e. The van der Waals surface area contributed by atoms with E-state index in [9.17, 15) is 9.59 Å². The minimum atomic E-state index is -0.112. The summed E-state index contributed by atoms with van der Waals surface area (Å²) in [6.07, 6.45) is 0.730. The number of nitrogens with zero attached hydrogens (tertiary/aromatic N) is 2. The molecule has 2 heterocycles. The lowest BCUT2D eigenvalue weighted by Gasteiger charge is -2.27. The third kappa shape index (κ3) is 5.29. The van der Waals surface area contributed by atoms with Gasteiger partial charge in [0.2, 0.25) is 5.91 Å². The van der Waals surface area contributed by atoms with Gasteiger partial charge in [0.15, 0.2) is 5.16 Å². The van der Waals surface area contributed by atoms with Crippen molar-refractivity contribution in [2.24, 2.45) is 0 Å². The van der Waals surface area contributed by atoms with Gasteiger partial charge in [0.1, 0.15) is 0 Å². The van der Waals surface area contributed by atoms with E-state index in [1.807, 2.05) is 39.0 Å². The van der Waals surface area contributed by atoms with Crippen LogP contribution in [0, 0.1) is 20.8 Å². The molecule has 4 rings (SSSR count). The molecule has 2 aromatic carbocycles. The summed E-state index contributed by atoms with van der Waals surface area (Å²) in [7, 11) is 0. The predicted octanol–water partition coefficient (Wildman–Crippen LogP) is 3.98. The van der Waals surface area contributed by atoms with Crippen molar-refractivity contribution in [1.29, 1.82) is 0 Å². The fourth-order valence-corrected chi connectivity index (χ4v) is 4.87. The molecule has 0 unspecified atom stereocenters. The van der Waals surface area contributed by atoms with E-state index < -0.39 is 0 Å². The number of anilines is 1. The molecule has 32 heavy (non-hydrogen) atoms. The molecular formula is C25H28N4O2S. The van der Waals surface area contributed by atoms with Crippen LogP contribution < -0.4 is 10.9 Å². The van der Waals surface area contributed by atoms with Crippen molar-refractivity contribution >= 4 is 23.4 Å². The van der Waals surface area contributed by atoms with Gasteiger partial charge in [0, 0.05) is 31.7 Å². The van der Waals surface area contributed by atoms with E-state index >= 15 is 0 Å². The van der Waals surface area contributed by atoms with E-state index in [0.717, 1.165) is 47.6 Å². The number of H-pyrrole nitrogens is 1. The average molecular weight is 449 g/mol. The highest BCUT2D eigenvalue weighted by Crippen LogP contribution is 2.23. The first kappa shape index (κ1) is 22.3. The van der Waals surface area contributed by atoms with Gasteiger partial charge in [0.25, 0.3) is 5.56 Å². The number of fused-ring (bicyclic) bond motifs is 1. The van der Waals surface area contributed by atoms with Crippen molar-refractivity contribution in [3.63, 3.8) is 0 Å². The molecule has 166 valence electrons. The zero-order valence-corrected chi connectivity index (χ0v) is 19.5. The van der Waals surface area contributed by atoms with Crippen LogP contribution in [-0.2, 0) is 24.3 Å². The molecule has 0 fully saturated rings. The first-order valence-electron chi connectivity index (χ1n) is 10.8. The van der Waals surface area contributed by atoms with Gasteiger partial charge < -0.3 is 10.3 Å². The Morgan fingerprint density at radius 2 is 1.88 bits per heavy atom. The van der Waals surface area contributed by atoms with E-state index in [0.29, 0.717) is 11.7 Å². The third-order valence-corrected chi connectivity index (χ3v) is 6.53. The van der Waals surface area contributed by atoms with Gasteiger partial charge in [-0.1, -0.05) is 59.8 Å². The largest absolute Gasteiger partial charge is 0.325 e. The molecule has 6 nitrogen and oxygen atoms in total. The lowest BCUT2D eigenvalue weighted by Crippen LogP contribution is -2.35. The maximum atomic E-state index is 12.7. The average Bonchev–Trinajstić information content (AvgIpc) is 2.76. The van der Waals surface area contributed by atoms with Gasteiger partial charge in [-0.05, 0) is 37.5 Å². The fraction of sp³-hybridized carbons (Fsp3) is 0.320. The van der Waals surface area contributed by atoms with Crippen LogP contribution in [0.2, 0.25) is 0 Å². The molecule has 2 N–H and O–H groups in total. The highest BCUT2D eigenvalue weighted by molar-refractivity contribution is 7.99. The van der Waals surface area contributed by atoms with Gasteiger partial charge in [-0.25, -0.2) is 4.98 Å². The first-order chi connectivity index (χ1) is 15.4. The third-order valence-electron chi connectivity index (χ3n) is 5.66. The van der Waals surface area contributed by atoms with Gasteiger partial charge >= 0.3 is 0 Å². The minimum absolute atomic E-state index is 0.110. The molecule has 1 aliphatic rings. The van der Waals surface area contributed by atoms with Gasteiger partial charge in [-0.2, -0.15) is 0 Å². The summed E-state index contributed by atoms with van der Waals surface area (Å²) >= 11 is 1.26. The van der Waals surface area contributed by atoms with E-state index in [2.05, 4.69) is 44.5 Å². The summed E-state index contributed by atoms with van der Waals surface area (Å²) < 4.78 is 0. The summed E-state index contributed by atoms with van der Waals surface area (Å²) in [6, 6.07) is 14.4. The Labute approximate surface area is 192 Å². The lowest BCUT2D eigenvalue weighted by atomic mass is 10.1. The second kappa shape index (κ2) is 9.71. The van der Waals surface area contributed by atoms with Crippen molar-refractivity contribution in [1.82, 2.24) is 14.9 Å². The van der Waals surface area contributed by atoms with Crippen LogP contribution in [0.4, 0.5) is 5.69 Å². The number of hydrogen-bond acceptors (Lipinski definition) is 5. The van der Waals surface area contributed by atoms with Crippen LogP contribution in [0.5, 0.6) is 0 Å². The van der Waals surface area contributed by atoms with Gasteiger partial charge in [0.05, 0.1) is 17.0 Å². The molecule has 1 amide bonds. The molecule has 0 radical (unpaired) electrons. The monoisotopic (exact) mass is 448 g/mol. The Morgan fingerprint density at radius 3 is 2.59 bits per heavy atom. The Bertz CT molecular complexity index is 1170. The molecule has 0 bridgehead atoms. The zero-order chi connectivity index (χ0) is 22.7. The molecule has 1 aliphatic heterocycles. The van der Waals surface area contributed by atoms with Crippen LogP contribution >= 0.6 is 11.8 Å². The lowest BCUT2D eigenvalue weighted by molar-refractivity contribution is -0.113. The quantitative estimate of drug-likeness (QED) is 0.441. The second-order valence-electron chi connectivity index (χ2n) is 8.35. The Hall–Kier alpha value is -2.90. The van der Waals surface area contributed by atoms with Crippen LogP contribution in [0.15, 0.2) is 52.4 Å². The standard InChI is InChI=1S/C25H28N4O2S/c1-16-11-17(2)23(18(3)12-16)27-22(30)15-32-25-26-21-9-10-29(14-20(21)24(31)28-25)13-19-7-5-4-6-8-19/h4-8,11-12H,9-10,13-15H2,1-3H3,(H,27,30)(H,26,28,31). The number of hydrogen-bond donors (Lipinski definition) is 2. The van der Waals surface area contributed by atoms with Crippen LogP contribution in [0.3, 0.4) is 0 Å². The maximum absolute atomic E-state index is 12.7. The van der Waals surface area contributed by atoms with E-state index in [1.165, 1.54) is 22.9 Å². The normalized spacial score (nSPS) is 13.6. The highest BCUT2D eigenvalue weighted by atomic mass is 32.2. The maximum Gasteiger partial charge on any atom is 0.256 e. The topological polar surface area (TPSA) is 78.1 Å². The molecule has 0 aliphatic carbocycles. The number of nitrogens with one attached hydrogen (secondary N) is 2. The number of aryl methyl sites for hydroxylation is 3. The van der Waals surface area contributed by atoms with Crippen molar-refractivity contribution < 1.29 is 4.79 Å². The van der Waals surface area contributed by atoms with Crippen molar-refractivity contribution in [3.05, 3.63) is 86.3 Å². The molecule has 1 aromatic heterocycles. The number of aromatic nitrogens is 2. The first-order valence-corrected chi connectivity index (χ1v) is 11.8. The van der Waals surface area contributed by atoms with E-state index in [-0.39, 0.29) is 17.2 Å². The smallest absolute Gasteiger partial charge is 0.256 e. The number of thioether (sulfide) groups is 1. The highest BCUT2D eigenvalue weighted by Gasteiger charge is 2.21. The van der Waals surface area contributed by atoms with Gasteiger partial charge in [-0.15, -0.1) is 0 Å². The number of rotatable bonds is 6. The van der Waals surface area contributed by atoms with Crippen molar-refractivity contribution in [3.8, 4) is 0 Å². The molecule has 0 spiro atoms.